The minimum atomic E-state index is 0.493. The van der Waals surface area contributed by atoms with Crippen molar-refractivity contribution < 1.29 is 4.74 Å². The molecule has 1 unspecified atom stereocenters. The van der Waals surface area contributed by atoms with Crippen LogP contribution in [0.1, 0.15) is 20.8 Å². The van der Waals surface area contributed by atoms with Crippen molar-refractivity contribution in [1.82, 2.24) is 4.98 Å². The summed E-state index contributed by atoms with van der Waals surface area (Å²) < 4.78 is 5.07. The molecule has 15 heavy (non-hydrogen) atoms. The lowest BCUT2D eigenvalue weighted by atomic mass is 10.2. The molecule has 0 radical (unpaired) electrons. The van der Waals surface area contributed by atoms with Crippen LogP contribution in [0.2, 0.25) is 0 Å². The normalized spacial score (nSPS) is 12.9. The summed E-state index contributed by atoms with van der Waals surface area (Å²) >= 11 is 1.69. The van der Waals surface area contributed by atoms with E-state index >= 15 is 0 Å². The second kappa shape index (κ2) is 5.26. The van der Waals surface area contributed by atoms with Gasteiger partial charge in [0.05, 0.1) is 12.8 Å². The quantitative estimate of drug-likeness (QED) is 0.802. The van der Waals surface area contributed by atoms with E-state index in [0.29, 0.717) is 22.7 Å². The van der Waals surface area contributed by atoms with Gasteiger partial charge in [-0.15, -0.1) is 11.8 Å². The monoisotopic (exact) mass is 226 g/mol. The molecule has 0 saturated heterocycles. The predicted molar refractivity (Wildman–Crippen MR) is 65.4 cm³/mol. The molecule has 0 aliphatic rings. The number of thioether (sulfide) groups is 1. The van der Waals surface area contributed by atoms with Crippen LogP contribution < -0.4 is 10.5 Å². The highest BCUT2D eigenvalue weighted by Gasteiger charge is 2.12. The van der Waals surface area contributed by atoms with Gasteiger partial charge in [0.15, 0.2) is 0 Å². The minimum absolute atomic E-state index is 0.493. The zero-order valence-electron chi connectivity index (χ0n) is 9.65. The van der Waals surface area contributed by atoms with Gasteiger partial charge in [-0.25, -0.2) is 4.98 Å². The van der Waals surface area contributed by atoms with E-state index in [0.717, 1.165) is 5.03 Å². The molecular formula is C11H18N2OS. The largest absolute Gasteiger partial charge is 0.481 e. The third-order valence-electron chi connectivity index (χ3n) is 2.31. The van der Waals surface area contributed by atoms with E-state index in [4.69, 9.17) is 10.5 Å². The van der Waals surface area contributed by atoms with Gasteiger partial charge < -0.3 is 10.5 Å². The second-order valence-corrected chi connectivity index (χ2v) is 5.18. The maximum atomic E-state index is 5.85. The van der Waals surface area contributed by atoms with Crippen molar-refractivity contribution >= 4 is 17.4 Å². The Labute approximate surface area is 95.4 Å². The third kappa shape index (κ3) is 3.30. The first-order valence-electron chi connectivity index (χ1n) is 5.01. The maximum absolute atomic E-state index is 5.85. The average Bonchev–Trinajstić information content (AvgIpc) is 2.21. The predicted octanol–water partition coefficient (Wildman–Crippen LogP) is 2.81. The summed E-state index contributed by atoms with van der Waals surface area (Å²) in [6.45, 7) is 6.55. The molecule has 0 bridgehead atoms. The van der Waals surface area contributed by atoms with Gasteiger partial charge in [-0.1, -0.05) is 20.8 Å². The van der Waals surface area contributed by atoms with Crippen LogP contribution in [-0.4, -0.2) is 17.3 Å². The number of pyridine rings is 1. The van der Waals surface area contributed by atoms with E-state index in [9.17, 15) is 0 Å². The SMILES string of the molecule is COc1ccc(N)c(SC(C)C(C)C)n1. The summed E-state index contributed by atoms with van der Waals surface area (Å²) in [5.74, 6) is 1.21. The molecule has 84 valence electrons. The van der Waals surface area contributed by atoms with Gasteiger partial charge in [-0.3, -0.25) is 0 Å². The van der Waals surface area contributed by atoms with Gasteiger partial charge in [0.25, 0.3) is 0 Å². The molecule has 0 aliphatic heterocycles. The van der Waals surface area contributed by atoms with E-state index in [1.807, 2.05) is 6.07 Å². The highest BCUT2D eigenvalue weighted by molar-refractivity contribution is 8.00. The standard InChI is InChI=1S/C11H18N2OS/c1-7(2)8(3)15-11-9(12)5-6-10(13-11)14-4/h5-8H,12H2,1-4H3. The Balaban J connectivity index is 2.83. The summed E-state index contributed by atoms with van der Waals surface area (Å²) in [6.07, 6.45) is 0. The summed E-state index contributed by atoms with van der Waals surface area (Å²) in [5.41, 5.74) is 6.57. The van der Waals surface area contributed by atoms with Gasteiger partial charge in [-0.05, 0) is 12.0 Å². The Morgan fingerprint density at radius 1 is 1.33 bits per heavy atom. The lowest BCUT2D eigenvalue weighted by molar-refractivity contribution is 0.394. The smallest absolute Gasteiger partial charge is 0.214 e. The molecule has 0 amide bonds. The number of hydrogen-bond donors (Lipinski definition) is 1. The number of nitrogens with two attached hydrogens (primary N) is 1. The van der Waals surface area contributed by atoms with Crippen molar-refractivity contribution in [3.63, 3.8) is 0 Å². The minimum Gasteiger partial charge on any atom is -0.481 e. The Hall–Kier alpha value is -0.900. The number of methoxy groups -OCH3 is 1. The topological polar surface area (TPSA) is 48.1 Å². The van der Waals surface area contributed by atoms with Gasteiger partial charge in [0, 0.05) is 11.3 Å². The molecule has 2 N–H and O–H groups in total. The van der Waals surface area contributed by atoms with Crippen molar-refractivity contribution in [3.05, 3.63) is 12.1 Å². The first-order chi connectivity index (χ1) is 7.04. The van der Waals surface area contributed by atoms with Crippen LogP contribution in [-0.2, 0) is 0 Å². The number of anilines is 1. The Morgan fingerprint density at radius 2 is 2.00 bits per heavy atom. The van der Waals surface area contributed by atoms with Crippen LogP contribution in [0.15, 0.2) is 17.2 Å². The highest BCUT2D eigenvalue weighted by Crippen LogP contribution is 2.31. The lowest BCUT2D eigenvalue weighted by Crippen LogP contribution is -2.07. The molecule has 1 aromatic rings. The number of nitrogen functional groups attached to an aromatic ring is 1. The molecule has 3 nitrogen and oxygen atoms in total. The zero-order chi connectivity index (χ0) is 11.4. The summed E-state index contributed by atoms with van der Waals surface area (Å²) in [5, 5.41) is 1.35. The second-order valence-electron chi connectivity index (χ2n) is 3.81. The fourth-order valence-electron chi connectivity index (χ4n) is 0.954. The maximum Gasteiger partial charge on any atom is 0.214 e. The summed E-state index contributed by atoms with van der Waals surface area (Å²) in [6, 6.07) is 3.61. The van der Waals surface area contributed by atoms with E-state index in [2.05, 4.69) is 25.8 Å². The van der Waals surface area contributed by atoms with E-state index in [-0.39, 0.29) is 0 Å². The average molecular weight is 226 g/mol. The van der Waals surface area contributed by atoms with Crippen LogP contribution >= 0.6 is 11.8 Å². The van der Waals surface area contributed by atoms with Gasteiger partial charge in [-0.2, -0.15) is 0 Å². The number of ether oxygens (including phenoxy) is 1. The summed E-state index contributed by atoms with van der Waals surface area (Å²) in [4.78, 5) is 4.33. The van der Waals surface area contributed by atoms with Crippen LogP contribution in [0.25, 0.3) is 0 Å². The lowest BCUT2D eigenvalue weighted by Gasteiger charge is -2.15. The van der Waals surface area contributed by atoms with Crippen LogP contribution in [0.3, 0.4) is 0 Å². The molecule has 1 rings (SSSR count). The Bertz CT molecular complexity index is 328. The molecule has 1 atom stereocenters. The van der Waals surface area contributed by atoms with Crippen LogP contribution in [0.5, 0.6) is 5.88 Å². The zero-order valence-corrected chi connectivity index (χ0v) is 10.5. The van der Waals surface area contributed by atoms with Crippen molar-refractivity contribution in [1.29, 1.82) is 0 Å². The third-order valence-corrected chi connectivity index (χ3v) is 3.78. The molecule has 0 saturated carbocycles. The molecule has 0 spiro atoms. The summed E-state index contributed by atoms with van der Waals surface area (Å²) in [7, 11) is 1.61. The van der Waals surface area contributed by atoms with Crippen molar-refractivity contribution in [2.24, 2.45) is 5.92 Å². The molecular weight excluding hydrogens is 208 g/mol. The van der Waals surface area contributed by atoms with Crippen LogP contribution in [0, 0.1) is 5.92 Å². The fourth-order valence-corrected chi connectivity index (χ4v) is 1.93. The molecule has 0 fully saturated rings. The van der Waals surface area contributed by atoms with E-state index in [1.54, 1.807) is 24.9 Å². The molecule has 1 heterocycles. The Morgan fingerprint density at radius 3 is 2.53 bits per heavy atom. The molecule has 1 aromatic heterocycles. The number of rotatable bonds is 4. The van der Waals surface area contributed by atoms with Gasteiger partial charge in [0.1, 0.15) is 5.03 Å². The van der Waals surface area contributed by atoms with Crippen molar-refractivity contribution in [2.75, 3.05) is 12.8 Å². The molecule has 0 aromatic carbocycles. The first kappa shape index (κ1) is 12.2. The van der Waals surface area contributed by atoms with Gasteiger partial charge >= 0.3 is 0 Å². The number of nitrogens with zero attached hydrogens (tertiary/aromatic N) is 1. The highest BCUT2D eigenvalue weighted by atomic mass is 32.2. The Kier molecular flexibility index (Phi) is 4.27. The van der Waals surface area contributed by atoms with Crippen LogP contribution in [0.4, 0.5) is 5.69 Å². The molecule has 4 heteroatoms. The van der Waals surface area contributed by atoms with Crippen molar-refractivity contribution in [3.8, 4) is 5.88 Å². The van der Waals surface area contributed by atoms with Gasteiger partial charge in [0.2, 0.25) is 5.88 Å². The fraction of sp³-hybridized carbons (Fsp3) is 0.545. The first-order valence-corrected chi connectivity index (χ1v) is 5.89. The van der Waals surface area contributed by atoms with E-state index < -0.39 is 0 Å². The number of hydrogen-bond acceptors (Lipinski definition) is 4. The van der Waals surface area contributed by atoms with Crippen molar-refractivity contribution in [2.45, 2.75) is 31.0 Å². The number of aromatic nitrogens is 1. The van der Waals surface area contributed by atoms with E-state index in [1.165, 1.54) is 0 Å². The molecule has 0 aliphatic carbocycles.